The molecular formula is C136H84N4. The average Bonchev–Trinajstić information content (AvgIpc) is 1.01. The van der Waals surface area contributed by atoms with Gasteiger partial charge in [-0.2, -0.15) is 0 Å². The standard InChI is InChI=1S/2C68H42N2/c1-2-16-43(17-3-1)45-19-14-21-49(38-45)69-63-30-12-10-27-55(63)60-40-46(33-36-65(60)69)47-34-37-66-61(41-47)56-28-11-13-31-64(56)70(66)50-22-15-20-48(39-50)59-42-62-54-26-7-6-24-52(54)53-25-8-9-29-57(53)68(62)67-51-23-5-4-18-44(51)32-35-58(59)67;1-2-15-43(16-3-1)46-18-14-19-50(39-46)70-64-28-13-11-25-56(64)61-41-48(33-38-66(61)70)47-32-37-65-60(40-47)55-24-10-12-27-63(55)69(65)49-34-29-45(30-35-49)59-42-62-54-23-7-6-21-52(54)53-22-8-9-26-57(53)68(62)67-51-20-5-4-17-44(51)31-36-58(59)67/h2*1-42H. The molecule has 4 heterocycles. The van der Waals surface area contributed by atoms with Crippen molar-refractivity contribution >= 4 is 195 Å². The van der Waals surface area contributed by atoms with Crippen molar-refractivity contribution in [2.24, 2.45) is 0 Å². The van der Waals surface area contributed by atoms with Crippen molar-refractivity contribution in [2.45, 2.75) is 0 Å². The van der Waals surface area contributed by atoms with E-state index in [9.17, 15) is 0 Å². The van der Waals surface area contributed by atoms with Crippen molar-refractivity contribution in [3.8, 4) is 89.5 Å². The van der Waals surface area contributed by atoms with Gasteiger partial charge in [-0.05, 0) is 308 Å². The molecule has 648 valence electrons. The summed E-state index contributed by atoms with van der Waals surface area (Å²) < 4.78 is 9.72. The van der Waals surface area contributed by atoms with Crippen molar-refractivity contribution in [1.82, 2.24) is 18.3 Å². The smallest absolute Gasteiger partial charge is 0.0541 e. The quantitative estimate of drug-likeness (QED) is 0.122. The Kier molecular flexibility index (Phi) is 17.8. The van der Waals surface area contributed by atoms with Crippen LogP contribution >= 0.6 is 0 Å². The van der Waals surface area contributed by atoms with Crippen LogP contribution < -0.4 is 0 Å². The van der Waals surface area contributed by atoms with Crippen LogP contribution in [0.2, 0.25) is 0 Å². The largest absolute Gasteiger partial charge is 0.309 e. The Labute approximate surface area is 806 Å². The Morgan fingerprint density at radius 2 is 0.343 bits per heavy atom. The van der Waals surface area contributed by atoms with Gasteiger partial charge in [0, 0.05) is 65.8 Å². The molecule has 26 aromatic carbocycles. The Balaban J connectivity index is 0.000000134. The van der Waals surface area contributed by atoms with Gasteiger partial charge < -0.3 is 18.3 Å². The van der Waals surface area contributed by atoms with Gasteiger partial charge in [-0.15, -0.1) is 0 Å². The number of nitrogens with zero attached hydrogens (tertiary/aromatic N) is 4. The van der Waals surface area contributed by atoms with E-state index in [0.717, 1.165) is 22.7 Å². The maximum absolute atomic E-state index is 2.47. The molecule has 0 aliphatic heterocycles. The van der Waals surface area contributed by atoms with Gasteiger partial charge in [-0.25, -0.2) is 0 Å². The van der Waals surface area contributed by atoms with Gasteiger partial charge in [0.05, 0.1) is 44.1 Å². The summed E-state index contributed by atoms with van der Waals surface area (Å²) in [5.41, 5.74) is 28.7. The molecule has 30 aromatic rings. The topological polar surface area (TPSA) is 19.7 Å². The van der Waals surface area contributed by atoms with Crippen LogP contribution in [0, 0.1) is 0 Å². The molecule has 4 heteroatoms. The Morgan fingerprint density at radius 3 is 0.707 bits per heavy atom. The zero-order valence-corrected chi connectivity index (χ0v) is 76.3. The van der Waals surface area contributed by atoms with E-state index in [-0.39, 0.29) is 0 Å². The van der Waals surface area contributed by atoms with E-state index in [1.165, 1.54) is 262 Å². The van der Waals surface area contributed by atoms with E-state index >= 15 is 0 Å². The molecule has 0 atom stereocenters. The fourth-order valence-electron chi connectivity index (χ4n) is 23.9. The molecule has 0 saturated carbocycles. The Hall–Kier alpha value is -18.5. The fraction of sp³-hybridized carbons (Fsp3) is 0. The number of hydrogen-bond donors (Lipinski definition) is 0. The number of para-hydroxylation sites is 4. The van der Waals surface area contributed by atoms with Crippen molar-refractivity contribution in [1.29, 1.82) is 0 Å². The number of fused-ring (bicyclic) bond motifs is 32. The number of rotatable bonds is 10. The van der Waals surface area contributed by atoms with Gasteiger partial charge in [0.25, 0.3) is 0 Å². The monoisotopic (exact) mass is 1770 g/mol. The second-order valence-electron chi connectivity index (χ2n) is 37.6. The van der Waals surface area contributed by atoms with E-state index in [1.54, 1.807) is 0 Å². The molecule has 0 N–H and O–H groups in total. The lowest BCUT2D eigenvalue weighted by atomic mass is 9.85. The van der Waals surface area contributed by atoms with E-state index < -0.39 is 0 Å². The predicted molar refractivity (Wildman–Crippen MR) is 598 cm³/mol. The molecule has 0 spiro atoms. The second-order valence-corrected chi connectivity index (χ2v) is 37.6. The molecule has 0 unspecified atom stereocenters. The summed E-state index contributed by atoms with van der Waals surface area (Å²) in [5.74, 6) is 0. The SMILES string of the molecule is c1ccc(-c2cccc(-n3c4ccccc4c4cc(-c5ccc6c(c5)c5ccccc5n6-c5ccc(-c6cc7c8ccccc8c8ccccc8c7c7c6ccc6ccccc67)cc5)ccc43)c2)cc1.c1ccc(-c2cccc(-n3c4ccccc4c4cc(-c5ccc6c(c5)c5ccccc5n6-c5cccc(-c6cc7c8ccccc8c8ccccc8c7c7c6ccc6ccccc67)c5)ccc43)c2)cc1. The minimum atomic E-state index is 1.14. The predicted octanol–water partition coefficient (Wildman–Crippen LogP) is 37.3. The van der Waals surface area contributed by atoms with Crippen molar-refractivity contribution in [3.05, 3.63) is 510 Å². The summed E-state index contributed by atoms with van der Waals surface area (Å²) in [7, 11) is 0. The molecule has 0 aliphatic carbocycles. The van der Waals surface area contributed by atoms with Crippen LogP contribution in [0.15, 0.2) is 510 Å². The minimum Gasteiger partial charge on any atom is -0.309 e. The van der Waals surface area contributed by atoms with E-state index in [0.29, 0.717) is 0 Å². The van der Waals surface area contributed by atoms with Crippen LogP contribution in [0.25, 0.3) is 284 Å². The number of hydrogen-bond acceptors (Lipinski definition) is 0. The van der Waals surface area contributed by atoms with Crippen molar-refractivity contribution in [2.75, 3.05) is 0 Å². The first-order valence-electron chi connectivity index (χ1n) is 48.5. The lowest BCUT2D eigenvalue weighted by Gasteiger charge is -2.18. The Bertz CT molecular complexity index is 10500. The summed E-state index contributed by atoms with van der Waals surface area (Å²) in [6.07, 6.45) is 0. The van der Waals surface area contributed by atoms with Gasteiger partial charge in [0.1, 0.15) is 0 Å². The highest BCUT2D eigenvalue weighted by Gasteiger charge is 2.25. The molecule has 4 aromatic heterocycles. The van der Waals surface area contributed by atoms with Gasteiger partial charge in [0.15, 0.2) is 0 Å². The highest BCUT2D eigenvalue weighted by Crippen LogP contribution is 2.51. The summed E-state index contributed by atoms with van der Waals surface area (Å²) in [5, 5.41) is 35.7. The fourth-order valence-corrected chi connectivity index (χ4v) is 23.9. The molecular weight excluding hydrogens is 1690 g/mol. The van der Waals surface area contributed by atoms with E-state index in [4.69, 9.17) is 0 Å². The molecule has 140 heavy (non-hydrogen) atoms. The summed E-state index contributed by atoms with van der Waals surface area (Å²) in [4.78, 5) is 0. The van der Waals surface area contributed by atoms with Gasteiger partial charge in [-0.3, -0.25) is 0 Å². The lowest BCUT2D eigenvalue weighted by molar-refractivity contribution is 1.18. The molecule has 0 radical (unpaired) electrons. The Morgan fingerprint density at radius 1 is 0.100 bits per heavy atom. The summed E-state index contributed by atoms with van der Waals surface area (Å²) in [6, 6.07) is 189. The minimum absolute atomic E-state index is 1.14. The third kappa shape index (κ3) is 12.3. The van der Waals surface area contributed by atoms with Crippen LogP contribution in [0.5, 0.6) is 0 Å². The normalized spacial score (nSPS) is 12.0. The maximum Gasteiger partial charge on any atom is 0.0541 e. The van der Waals surface area contributed by atoms with Crippen LogP contribution in [-0.4, -0.2) is 18.3 Å². The van der Waals surface area contributed by atoms with Crippen LogP contribution in [0.4, 0.5) is 0 Å². The average molecular weight is 1770 g/mol. The third-order valence-electron chi connectivity index (χ3n) is 30.1. The van der Waals surface area contributed by atoms with Crippen molar-refractivity contribution < 1.29 is 0 Å². The first-order chi connectivity index (χ1) is 69.5. The molecule has 0 bridgehead atoms. The second kappa shape index (κ2) is 31.6. The molecule has 0 aliphatic rings. The van der Waals surface area contributed by atoms with Crippen LogP contribution in [0.1, 0.15) is 0 Å². The van der Waals surface area contributed by atoms with Crippen LogP contribution in [-0.2, 0) is 0 Å². The highest BCUT2D eigenvalue weighted by molar-refractivity contribution is 6.39. The summed E-state index contributed by atoms with van der Waals surface area (Å²) in [6.45, 7) is 0. The third-order valence-corrected chi connectivity index (χ3v) is 30.1. The molecule has 0 saturated heterocycles. The van der Waals surface area contributed by atoms with Gasteiger partial charge in [0.2, 0.25) is 0 Å². The zero-order valence-electron chi connectivity index (χ0n) is 76.3. The highest BCUT2D eigenvalue weighted by atomic mass is 15.0. The summed E-state index contributed by atoms with van der Waals surface area (Å²) >= 11 is 0. The number of aromatic nitrogens is 4. The zero-order chi connectivity index (χ0) is 91.7. The number of benzene rings is 26. The van der Waals surface area contributed by atoms with E-state index in [2.05, 4.69) is 528 Å². The molecule has 0 fully saturated rings. The lowest BCUT2D eigenvalue weighted by Crippen LogP contribution is -1.95. The first-order valence-corrected chi connectivity index (χ1v) is 48.5. The van der Waals surface area contributed by atoms with Gasteiger partial charge >= 0.3 is 0 Å². The van der Waals surface area contributed by atoms with E-state index in [1.807, 2.05) is 0 Å². The molecule has 4 nitrogen and oxygen atoms in total. The molecule has 0 amide bonds. The maximum atomic E-state index is 2.47. The van der Waals surface area contributed by atoms with Crippen LogP contribution in [0.3, 0.4) is 0 Å². The van der Waals surface area contributed by atoms with Gasteiger partial charge in [-0.1, -0.05) is 376 Å². The van der Waals surface area contributed by atoms with Crippen molar-refractivity contribution in [3.63, 3.8) is 0 Å². The molecule has 30 rings (SSSR count). The first kappa shape index (κ1) is 79.0.